The molecule has 0 saturated heterocycles. The normalized spacial score (nSPS) is 16.8. The highest BCUT2D eigenvalue weighted by atomic mass is 16.5. The quantitative estimate of drug-likeness (QED) is 0.813. The molecule has 5 nitrogen and oxygen atoms in total. The largest absolute Gasteiger partial charge is 0.475 e. The maximum absolute atomic E-state index is 11.9. The molecule has 0 unspecified atom stereocenters. The van der Waals surface area contributed by atoms with Crippen molar-refractivity contribution in [2.45, 2.75) is 13.0 Å². The van der Waals surface area contributed by atoms with Crippen LogP contribution in [0.25, 0.3) is 0 Å². The van der Waals surface area contributed by atoms with Crippen molar-refractivity contribution in [3.05, 3.63) is 65.5 Å². The van der Waals surface area contributed by atoms with Crippen LogP contribution in [0.3, 0.4) is 0 Å². The number of aromatic nitrogens is 1. The van der Waals surface area contributed by atoms with Gasteiger partial charge in [0.05, 0.1) is 5.56 Å². The summed E-state index contributed by atoms with van der Waals surface area (Å²) < 4.78 is 10.8. The smallest absolute Gasteiger partial charge is 0.338 e. The van der Waals surface area contributed by atoms with Gasteiger partial charge in [0, 0.05) is 18.0 Å². The van der Waals surface area contributed by atoms with Crippen LogP contribution < -0.4 is 0 Å². The van der Waals surface area contributed by atoms with Crippen LogP contribution in [0.5, 0.6) is 0 Å². The molecule has 112 valence electrons. The summed E-state index contributed by atoms with van der Waals surface area (Å²) in [6.45, 7) is 2.60. The maximum atomic E-state index is 11.9. The minimum Gasteiger partial charge on any atom is -0.475 e. The molecule has 5 heteroatoms. The number of aliphatic imine (C=N–C) groups is 1. The summed E-state index contributed by atoms with van der Waals surface area (Å²) in [5.41, 5.74) is 2.53. The first-order valence-corrected chi connectivity index (χ1v) is 7.07. The van der Waals surface area contributed by atoms with Gasteiger partial charge in [0.25, 0.3) is 0 Å². The minimum atomic E-state index is -0.340. The van der Waals surface area contributed by atoms with Crippen molar-refractivity contribution in [3.63, 3.8) is 0 Å². The molecule has 0 N–H and O–H groups in total. The van der Waals surface area contributed by atoms with E-state index in [1.165, 1.54) is 0 Å². The fourth-order valence-electron chi connectivity index (χ4n) is 2.10. The van der Waals surface area contributed by atoms with E-state index in [1.807, 2.05) is 31.2 Å². The molecule has 2 aromatic rings. The molecule has 1 aliphatic heterocycles. The lowest BCUT2D eigenvalue weighted by atomic mass is 10.1. The number of ether oxygens (including phenoxy) is 2. The van der Waals surface area contributed by atoms with Crippen LogP contribution in [0.4, 0.5) is 0 Å². The Morgan fingerprint density at radius 1 is 1.23 bits per heavy atom. The number of carbonyl (C=O) groups is 1. The summed E-state index contributed by atoms with van der Waals surface area (Å²) in [7, 11) is 0. The van der Waals surface area contributed by atoms with E-state index in [0.717, 1.165) is 11.1 Å². The second-order valence-electron chi connectivity index (χ2n) is 5.10. The molecule has 0 amide bonds. The third kappa shape index (κ3) is 3.31. The molecule has 1 aliphatic rings. The zero-order chi connectivity index (χ0) is 15.4. The van der Waals surface area contributed by atoms with Crippen molar-refractivity contribution in [2.24, 2.45) is 4.99 Å². The monoisotopic (exact) mass is 296 g/mol. The van der Waals surface area contributed by atoms with Gasteiger partial charge in [0.2, 0.25) is 5.90 Å². The Labute approximate surface area is 128 Å². The lowest BCUT2D eigenvalue weighted by Gasteiger charge is -2.07. The second-order valence-corrected chi connectivity index (χ2v) is 5.10. The highest BCUT2D eigenvalue weighted by Gasteiger charge is 2.21. The summed E-state index contributed by atoms with van der Waals surface area (Å²) in [6, 6.07) is 10.8. The third-order valence-corrected chi connectivity index (χ3v) is 3.33. The average molecular weight is 296 g/mol. The number of nitrogens with zero attached hydrogens (tertiary/aromatic N) is 2. The number of esters is 1. The van der Waals surface area contributed by atoms with E-state index in [9.17, 15) is 4.79 Å². The SMILES string of the molecule is Cc1ccc(C(=O)OC[C@@H]2COC(c3ccncc3)=N2)cc1. The molecule has 1 atom stereocenters. The topological polar surface area (TPSA) is 60.8 Å². The van der Waals surface area contributed by atoms with Crippen LogP contribution in [0.1, 0.15) is 21.5 Å². The molecule has 3 rings (SSSR count). The molecule has 0 radical (unpaired) electrons. The molecule has 0 bridgehead atoms. The predicted octanol–water partition coefficient (Wildman–Crippen LogP) is 2.39. The molecule has 1 aromatic heterocycles. The van der Waals surface area contributed by atoms with E-state index in [2.05, 4.69) is 9.98 Å². The van der Waals surface area contributed by atoms with Crippen molar-refractivity contribution >= 4 is 11.9 Å². The van der Waals surface area contributed by atoms with E-state index in [4.69, 9.17) is 9.47 Å². The van der Waals surface area contributed by atoms with Crippen LogP contribution in [0.2, 0.25) is 0 Å². The van der Waals surface area contributed by atoms with Gasteiger partial charge in [0.15, 0.2) is 0 Å². The number of hydrogen-bond donors (Lipinski definition) is 0. The first kappa shape index (κ1) is 14.3. The van der Waals surface area contributed by atoms with E-state index < -0.39 is 0 Å². The first-order valence-electron chi connectivity index (χ1n) is 7.07. The average Bonchev–Trinajstić information content (AvgIpc) is 3.03. The molecule has 0 fully saturated rings. The van der Waals surface area contributed by atoms with Crippen molar-refractivity contribution in [3.8, 4) is 0 Å². The Balaban J connectivity index is 1.57. The second kappa shape index (κ2) is 6.39. The van der Waals surface area contributed by atoms with Crippen molar-refractivity contribution in [1.29, 1.82) is 0 Å². The number of pyridine rings is 1. The van der Waals surface area contributed by atoms with Gasteiger partial charge in [-0.25, -0.2) is 9.79 Å². The maximum Gasteiger partial charge on any atom is 0.338 e. The summed E-state index contributed by atoms with van der Waals surface area (Å²) >= 11 is 0. The molecule has 0 spiro atoms. The number of aryl methyl sites for hydroxylation is 1. The molecular formula is C17H16N2O3. The Morgan fingerprint density at radius 3 is 2.68 bits per heavy atom. The predicted molar refractivity (Wildman–Crippen MR) is 82.0 cm³/mol. The fourth-order valence-corrected chi connectivity index (χ4v) is 2.10. The molecule has 1 aromatic carbocycles. The molecular weight excluding hydrogens is 280 g/mol. The molecule has 0 aliphatic carbocycles. The van der Waals surface area contributed by atoms with Gasteiger partial charge >= 0.3 is 5.97 Å². The standard InChI is InChI=1S/C17H16N2O3/c1-12-2-4-14(5-3-12)17(20)22-11-15-10-21-16(19-15)13-6-8-18-9-7-13/h2-9,15H,10-11H2,1H3/t15-/m0/s1. The highest BCUT2D eigenvalue weighted by molar-refractivity contribution is 5.95. The van der Waals surface area contributed by atoms with Gasteiger partial charge in [-0.15, -0.1) is 0 Å². The van der Waals surface area contributed by atoms with E-state index >= 15 is 0 Å². The van der Waals surface area contributed by atoms with Crippen LogP contribution in [0, 0.1) is 6.92 Å². The van der Waals surface area contributed by atoms with Gasteiger partial charge in [0.1, 0.15) is 19.3 Å². The van der Waals surface area contributed by atoms with Gasteiger partial charge in [-0.1, -0.05) is 17.7 Å². The number of carbonyl (C=O) groups excluding carboxylic acids is 1. The van der Waals surface area contributed by atoms with Gasteiger partial charge in [-0.3, -0.25) is 4.98 Å². The molecule has 2 heterocycles. The zero-order valence-corrected chi connectivity index (χ0v) is 12.2. The molecule has 22 heavy (non-hydrogen) atoms. The zero-order valence-electron chi connectivity index (χ0n) is 12.2. The number of rotatable bonds is 4. The summed E-state index contributed by atoms with van der Waals surface area (Å²) in [5, 5.41) is 0. The lowest BCUT2D eigenvalue weighted by molar-refractivity contribution is 0.0472. The Bertz CT molecular complexity index is 681. The van der Waals surface area contributed by atoms with Crippen molar-refractivity contribution in [2.75, 3.05) is 13.2 Å². The van der Waals surface area contributed by atoms with E-state index in [1.54, 1.807) is 24.5 Å². The van der Waals surface area contributed by atoms with Crippen LogP contribution in [-0.4, -0.2) is 36.1 Å². The molecule has 0 saturated carbocycles. The fraction of sp³-hybridized carbons (Fsp3) is 0.235. The van der Waals surface area contributed by atoms with E-state index in [-0.39, 0.29) is 18.6 Å². The van der Waals surface area contributed by atoms with E-state index in [0.29, 0.717) is 18.1 Å². The first-order chi connectivity index (χ1) is 10.7. The number of benzene rings is 1. The summed E-state index contributed by atoms with van der Waals surface area (Å²) in [6.07, 6.45) is 3.37. The Kier molecular flexibility index (Phi) is 4.14. The van der Waals surface area contributed by atoms with Crippen molar-refractivity contribution in [1.82, 2.24) is 4.98 Å². The van der Waals surface area contributed by atoms with Gasteiger partial charge in [-0.2, -0.15) is 0 Å². The minimum absolute atomic E-state index is 0.169. The van der Waals surface area contributed by atoms with Crippen LogP contribution >= 0.6 is 0 Å². The lowest BCUT2D eigenvalue weighted by Crippen LogP contribution is -2.18. The Hall–Kier alpha value is -2.69. The Morgan fingerprint density at radius 2 is 1.95 bits per heavy atom. The summed E-state index contributed by atoms with van der Waals surface area (Å²) in [5.74, 6) is 0.228. The van der Waals surface area contributed by atoms with Crippen LogP contribution in [0.15, 0.2) is 53.8 Å². The van der Waals surface area contributed by atoms with Gasteiger partial charge in [-0.05, 0) is 31.2 Å². The van der Waals surface area contributed by atoms with Crippen molar-refractivity contribution < 1.29 is 14.3 Å². The number of hydrogen-bond acceptors (Lipinski definition) is 5. The van der Waals surface area contributed by atoms with Crippen LogP contribution in [-0.2, 0) is 9.47 Å². The summed E-state index contributed by atoms with van der Waals surface area (Å²) in [4.78, 5) is 20.3. The highest BCUT2D eigenvalue weighted by Crippen LogP contribution is 2.12. The third-order valence-electron chi connectivity index (χ3n) is 3.33. The van der Waals surface area contributed by atoms with Gasteiger partial charge < -0.3 is 9.47 Å².